The van der Waals surface area contributed by atoms with Gasteiger partial charge in [0, 0.05) is 29.6 Å². The van der Waals surface area contributed by atoms with Gasteiger partial charge in [0.25, 0.3) is 5.91 Å². The molecule has 3 aromatic rings. The van der Waals surface area contributed by atoms with Gasteiger partial charge in [-0.05, 0) is 61.3 Å². The van der Waals surface area contributed by atoms with Gasteiger partial charge >= 0.3 is 0 Å². The standard InChI is InChI=1S/C23H24N4O3S3/c1-2-16-5-7-17(8-6-16)20-15-32-23(24-20)26-22(31)25-21(28)18-9-11-19(12-10-18)33(29,30)27-13-3-4-14-27/h5-12,15H,2-4,13-14H2,1H3,(H2,24,25,26,28,31). The molecule has 1 aromatic heterocycles. The van der Waals surface area contributed by atoms with E-state index in [2.05, 4.69) is 34.7 Å². The maximum Gasteiger partial charge on any atom is 0.257 e. The summed E-state index contributed by atoms with van der Waals surface area (Å²) in [4.78, 5) is 17.2. The van der Waals surface area contributed by atoms with Crippen molar-refractivity contribution >= 4 is 49.7 Å². The number of sulfonamides is 1. The summed E-state index contributed by atoms with van der Waals surface area (Å²) < 4.78 is 26.7. The molecule has 1 saturated heterocycles. The van der Waals surface area contributed by atoms with Crippen LogP contribution >= 0.6 is 23.6 Å². The molecule has 7 nitrogen and oxygen atoms in total. The van der Waals surface area contributed by atoms with Crippen molar-refractivity contribution in [2.45, 2.75) is 31.1 Å². The highest BCUT2D eigenvalue weighted by Gasteiger charge is 2.27. The Morgan fingerprint density at radius 1 is 1.09 bits per heavy atom. The summed E-state index contributed by atoms with van der Waals surface area (Å²) in [6, 6.07) is 14.1. The number of thiazole rings is 1. The predicted molar refractivity (Wildman–Crippen MR) is 135 cm³/mol. The third-order valence-electron chi connectivity index (χ3n) is 5.43. The second-order valence-corrected chi connectivity index (χ2v) is 10.8. The van der Waals surface area contributed by atoms with Crippen LogP contribution in [0.5, 0.6) is 0 Å². The van der Waals surface area contributed by atoms with Gasteiger partial charge in [0.1, 0.15) is 0 Å². The van der Waals surface area contributed by atoms with E-state index in [-0.39, 0.29) is 10.0 Å². The van der Waals surface area contributed by atoms with Gasteiger partial charge in [-0.15, -0.1) is 11.3 Å². The highest BCUT2D eigenvalue weighted by molar-refractivity contribution is 7.89. The molecule has 0 saturated carbocycles. The molecule has 1 aliphatic rings. The first-order valence-electron chi connectivity index (χ1n) is 10.6. The van der Waals surface area contributed by atoms with Crippen molar-refractivity contribution in [3.63, 3.8) is 0 Å². The van der Waals surface area contributed by atoms with Crippen LogP contribution in [0, 0.1) is 0 Å². The Balaban J connectivity index is 1.36. The van der Waals surface area contributed by atoms with Gasteiger partial charge in [0.05, 0.1) is 10.6 Å². The van der Waals surface area contributed by atoms with Gasteiger partial charge in [-0.2, -0.15) is 4.31 Å². The van der Waals surface area contributed by atoms with E-state index in [9.17, 15) is 13.2 Å². The molecule has 10 heteroatoms. The smallest absolute Gasteiger partial charge is 0.257 e. The minimum absolute atomic E-state index is 0.121. The number of carbonyl (C=O) groups is 1. The summed E-state index contributed by atoms with van der Waals surface area (Å²) in [5.41, 5.74) is 3.41. The van der Waals surface area contributed by atoms with Crippen LogP contribution in [0.1, 0.15) is 35.7 Å². The third kappa shape index (κ3) is 5.47. The Morgan fingerprint density at radius 2 is 1.76 bits per heavy atom. The number of carbonyl (C=O) groups excluding carboxylic acids is 1. The average Bonchev–Trinajstić information content (AvgIpc) is 3.52. The first-order chi connectivity index (χ1) is 15.9. The molecule has 1 aliphatic heterocycles. The Labute approximate surface area is 202 Å². The fraction of sp³-hybridized carbons (Fsp3) is 0.261. The van der Waals surface area contributed by atoms with Crippen molar-refractivity contribution in [2.24, 2.45) is 0 Å². The van der Waals surface area contributed by atoms with Crippen molar-refractivity contribution in [1.29, 1.82) is 0 Å². The first kappa shape index (κ1) is 23.5. The zero-order chi connectivity index (χ0) is 23.4. The minimum atomic E-state index is -3.51. The van der Waals surface area contributed by atoms with Gasteiger partial charge in [-0.3, -0.25) is 10.1 Å². The lowest BCUT2D eigenvalue weighted by Gasteiger charge is -2.15. The number of nitrogens with one attached hydrogen (secondary N) is 2. The molecule has 0 aliphatic carbocycles. The van der Waals surface area contributed by atoms with Crippen molar-refractivity contribution in [2.75, 3.05) is 18.4 Å². The SMILES string of the molecule is CCc1ccc(-c2csc(NC(=S)NC(=O)c3ccc(S(=O)(=O)N4CCCC4)cc3)n2)cc1. The number of hydrogen-bond acceptors (Lipinski definition) is 6. The highest BCUT2D eigenvalue weighted by Crippen LogP contribution is 2.25. The van der Waals surface area contributed by atoms with Crippen LogP contribution in [0.2, 0.25) is 0 Å². The molecule has 33 heavy (non-hydrogen) atoms. The van der Waals surface area contributed by atoms with Gasteiger partial charge in [-0.25, -0.2) is 13.4 Å². The predicted octanol–water partition coefficient (Wildman–Crippen LogP) is 4.28. The summed E-state index contributed by atoms with van der Waals surface area (Å²) in [6.45, 7) is 3.18. The fourth-order valence-corrected chi connectivity index (χ4v) is 6.03. The van der Waals surface area contributed by atoms with Crippen LogP contribution in [-0.2, 0) is 16.4 Å². The third-order valence-corrected chi connectivity index (χ3v) is 8.30. The monoisotopic (exact) mass is 500 g/mol. The molecule has 172 valence electrons. The molecular weight excluding hydrogens is 476 g/mol. The van der Waals surface area contributed by atoms with E-state index in [1.54, 1.807) is 0 Å². The molecular formula is C23H24N4O3S3. The van der Waals surface area contributed by atoms with Crippen LogP contribution in [-0.4, -0.2) is 41.8 Å². The van der Waals surface area contributed by atoms with E-state index >= 15 is 0 Å². The van der Waals surface area contributed by atoms with E-state index in [0.717, 1.165) is 30.5 Å². The zero-order valence-corrected chi connectivity index (χ0v) is 20.5. The van der Waals surface area contributed by atoms with Crippen LogP contribution in [0.15, 0.2) is 58.8 Å². The van der Waals surface area contributed by atoms with Crippen LogP contribution in [0.4, 0.5) is 5.13 Å². The Bertz CT molecular complexity index is 1250. The molecule has 0 unspecified atom stereocenters. The van der Waals surface area contributed by atoms with Crippen molar-refractivity contribution in [3.8, 4) is 11.3 Å². The van der Waals surface area contributed by atoms with Gasteiger partial charge in [0.15, 0.2) is 10.2 Å². The minimum Gasteiger partial charge on any atom is -0.308 e. The second-order valence-electron chi connectivity index (χ2n) is 7.63. The van der Waals surface area contributed by atoms with E-state index in [4.69, 9.17) is 12.2 Å². The molecule has 2 N–H and O–H groups in total. The van der Waals surface area contributed by atoms with E-state index in [0.29, 0.717) is 23.8 Å². The normalized spacial score (nSPS) is 14.2. The van der Waals surface area contributed by atoms with Gasteiger partial charge in [-0.1, -0.05) is 31.2 Å². The van der Waals surface area contributed by atoms with Crippen molar-refractivity contribution in [1.82, 2.24) is 14.6 Å². The number of anilines is 1. The molecule has 1 amide bonds. The van der Waals surface area contributed by atoms with Crippen molar-refractivity contribution in [3.05, 3.63) is 65.0 Å². The molecule has 0 atom stereocenters. The topological polar surface area (TPSA) is 91.4 Å². The van der Waals surface area contributed by atoms with Gasteiger partial charge < -0.3 is 5.32 Å². The molecule has 2 aromatic carbocycles. The van der Waals surface area contributed by atoms with E-state index < -0.39 is 15.9 Å². The summed E-state index contributed by atoms with van der Waals surface area (Å²) in [7, 11) is -3.51. The summed E-state index contributed by atoms with van der Waals surface area (Å²) in [6.07, 6.45) is 2.72. The fourth-order valence-electron chi connectivity index (χ4n) is 3.53. The molecule has 0 spiro atoms. The number of thiocarbonyl (C=S) groups is 1. The van der Waals surface area contributed by atoms with Gasteiger partial charge in [0.2, 0.25) is 10.0 Å². The number of benzene rings is 2. The summed E-state index contributed by atoms with van der Waals surface area (Å²) in [5, 5.41) is 8.16. The molecule has 4 rings (SSSR count). The number of aryl methyl sites for hydroxylation is 1. The Morgan fingerprint density at radius 3 is 2.39 bits per heavy atom. The Kier molecular flexibility index (Phi) is 7.18. The Hall–Kier alpha value is -2.66. The van der Waals surface area contributed by atoms with E-state index in [1.807, 2.05) is 17.5 Å². The number of rotatable bonds is 6. The number of nitrogens with zero attached hydrogens (tertiary/aromatic N) is 2. The molecule has 0 bridgehead atoms. The number of aromatic nitrogens is 1. The quantitative estimate of drug-likeness (QED) is 0.491. The lowest BCUT2D eigenvalue weighted by molar-refractivity contribution is 0.0977. The lowest BCUT2D eigenvalue weighted by Crippen LogP contribution is -2.34. The number of hydrogen-bond donors (Lipinski definition) is 2. The maximum absolute atomic E-state index is 12.6. The number of amides is 1. The van der Waals surface area contributed by atoms with E-state index in [1.165, 1.54) is 45.5 Å². The molecule has 2 heterocycles. The highest BCUT2D eigenvalue weighted by atomic mass is 32.2. The molecule has 0 radical (unpaired) electrons. The largest absolute Gasteiger partial charge is 0.308 e. The second kappa shape index (κ2) is 10.1. The zero-order valence-electron chi connectivity index (χ0n) is 18.1. The summed E-state index contributed by atoms with van der Waals surface area (Å²) >= 11 is 6.64. The van der Waals surface area contributed by atoms with Crippen LogP contribution in [0.3, 0.4) is 0 Å². The van der Waals surface area contributed by atoms with Crippen molar-refractivity contribution < 1.29 is 13.2 Å². The lowest BCUT2D eigenvalue weighted by atomic mass is 10.1. The summed E-state index contributed by atoms with van der Waals surface area (Å²) in [5.74, 6) is -0.426. The van der Waals surface area contributed by atoms with Crippen LogP contribution in [0.25, 0.3) is 11.3 Å². The maximum atomic E-state index is 12.6. The first-order valence-corrected chi connectivity index (χ1v) is 13.4. The molecule has 1 fully saturated rings. The van der Waals surface area contributed by atoms with Crippen LogP contribution < -0.4 is 10.6 Å². The average molecular weight is 501 g/mol.